The third kappa shape index (κ3) is 4.69. The molecule has 0 unspecified atom stereocenters. The Bertz CT molecular complexity index is 1560. The molecular formula is C23H16Cl3FN4O4S. The first-order valence-electron chi connectivity index (χ1n) is 10.3. The summed E-state index contributed by atoms with van der Waals surface area (Å²) in [5.74, 6) is -0.870. The molecule has 4 rings (SSSR count). The van der Waals surface area contributed by atoms with Crippen LogP contribution in [0.15, 0.2) is 63.7 Å². The predicted octanol–water partition coefficient (Wildman–Crippen LogP) is 7.07. The average molecular weight is 570 g/mol. The molecule has 1 aliphatic heterocycles. The Morgan fingerprint density at radius 3 is 2.19 bits per heavy atom. The van der Waals surface area contributed by atoms with E-state index in [-0.39, 0.29) is 21.4 Å². The molecule has 2 amide bonds. The molecule has 1 aliphatic rings. The van der Waals surface area contributed by atoms with Gasteiger partial charge in [-0.15, -0.1) is 14.1 Å². The molecule has 13 heteroatoms. The predicted molar refractivity (Wildman–Crippen MR) is 135 cm³/mol. The van der Waals surface area contributed by atoms with Crippen molar-refractivity contribution in [2.75, 3.05) is 11.6 Å². The van der Waals surface area contributed by atoms with E-state index in [4.69, 9.17) is 34.8 Å². The number of hydrogen-bond acceptors (Lipinski definition) is 7. The minimum Gasteiger partial charge on any atom is -0.276 e. The Morgan fingerprint density at radius 1 is 0.917 bits per heavy atom. The summed E-state index contributed by atoms with van der Waals surface area (Å²) in [5, 5.41) is 10.1. The zero-order valence-electron chi connectivity index (χ0n) is 18.7. The van der Waals surface area contributed by atoms with E-state index in [1.807, 2.05) is 0 Å². The van der Waals surface area contributed by atoms with Crippen LogP contribution in [0, 0.1) is 6.92 Å². The summed E-state index contributed by atoms with van der Waals surface area (Å²) >= 11 is 18.2. The third-order valence-electron chi connectivity index (χ3n) is 5.40. The molecule has 36 heavy (non-hydrogen) atoms. The van der Waals surface area contributed by atoms with Gasteiger partial charge in [-0.3, -0.25) is 14.6 Å². The number of halogens is 4. The Labute approximate surface area is 221 Å². The Balaban J connectivity index is 1.63. The van der Waals surface area contributed by atoms with Gasteiger partial charge >= 0.3 is 10.2 Å². The molecule has 8 nitrogen and oxygen atoms in total. The van der Waals surface area contributed by atoms with Crippen molar-refractivity contribution in [2.24, 2.45) is 10.2 Å². The van der Waals surface area contributed by atoms with Crippen molar-refractivity contribution in [1.82, 2.24) is 5.01 Å². The van der Waals surface area contributed by atoms with Crippen LogP contribution < -0.4 is 5.01 Å². The van der Waals surface area contributed by atoms with Crippen LogP contribution in [0.3, 0.4) is 0 Å². The van der Waals surface area contributed by atoms with Crippen molar-refractivity contribution in [1.29, 1.82) is 0 Å². The fourth-order valence-electron chi connectivity index (χ4n) is 3.73. The molecule has 1 heterocycles. The number of aryl methyl sites for hydroxylation is 1. The number of imide groups is 1. The topological polar surface area (TPSA) is 99.5 Å². The molecule has 0 bridgehead atoms. The lowest BCUT2D eigenvalue weighted by molar-refractivity contribution is 0.0636. The molecule has 0 saturated heterocycles. The molecule has 0 radical (unpaired) electrons. The van der Waals surface area contributed by atoms with Crippen LogP contribution >= 0.6 is 34.8 Å². The molecule has 0 aromatic heterocycles. The number of anilines is 1. The van der Waals surface area contributed by atoms with Gasteiger partial charge in [-0.1, -0.05) is 46.9 Å². The van der Waals surface area contributed by atoms with Crippen LogP contribution in [-0.4, -0.2) is 31.8 Å². The number of hydrogen-bond donors (Lipinski definition) is 0. The molecule has 0 spiro atoms. The number of nitrogens with zero attached hydrogens (tertiary/aromatic N) is 4. The van der Waals surface area contributed by atoms with Crippen molar-refractivity contribution < 1.29 is 21.9 Å². The van der Waals surface area contributed by atoms with Crippen LogP contribution in [0.4, 0.5) is 20.9 Å². The van der Waals surface area contributed by atoms with Gasteiger partial charge in [-0.2, -0.15) is 13.4 Å². The summed E-state index contributed by atoms with van der Waals surface area (Å²) in [6.45, 7) is 3.84. The third-order valence-corrected chi connectivity index (χ3v) is 7.29. The number of amides is 2. The fraction of sp³-hybridized carbons (Fsp3) is 0.130. The zero-order valence-corrected chi connectivity index (χ0v) is 21.8. The van der Waals surface area contributed by atoms with E-state index in [9.17, 15) is 21.9 Å². The quantitative estimate of drug-likeness (QED) is 0.180. The van der Waals surface area contributed by atoms with Gasteiger partial charge in [0.05, 0.1) is 31.9 Å². The zero-order chi connectivity index (χ0) is 26.4. The van der Waals surface area contributed by atoms with Crippen molar-refractivity contribution >= 4 is 73.9 Å². The molecule has 0 atom stereocenters. The standard InChI is InChI=1S/C23H16Cl3FN4O4S/c1-3-30(31-22(32)14-6-4-5-12(2)21(14)23(31)33)13-7-8-18(15(24)9-13)28-29-19-10-17(26)20(11-16(19)25)36(27,34)35/h4-11H,3H2,1-2H3/b29-28+. The van der Waals surface area contributed by atoms with Crippen molar-refractivity contribution in [3.05, 3.63) is 80.3 Å². The van der Waals surface area contributed by atoms with E-state index >= 15 is 0 Å². The van der Waals surface area contributed by atoms with Gasteiger partial charge in [0.1, 0.15) is 16.3 Å². The molecule has 0 fully saturated rings. The van der Waals surface area contributed by atoms with Crippen molar-refractivity contribution in [3.8, 4) is 0 Å². The van der Waals surface area contributed by atoms with Crippen LogP contribution in [0.25, 0.3) is 0 Å². The maximum absolute atomic E-state index is 13.3. The van der Waals surface area contributed by atoms with Gasteiger partial charge in [0.15, 0.2) is 0 Å². The molecule has 3 aromatic rings. The van der Waals surface area contributed by atoms with Crippen LogP contribution in [0.5, 0.6) is 0 Å². The summed E-state index contributed by atoms with van der Waals surface area (Å²) in [7, 11) is -5.06. The second kappa shape index (κ2) is 9.78. The van der Waals surface area contributed by atoms with Crippen LogP contribution in [-0.2, 0) is 10.2 Å². The van der Waals surface area contributed by atoms with E-state index in [0.717, 1.165) is 17.1 Å². The first-order valence-corrected chi connectivity index (χ1v) is 12.9. The SMILES string of the molecule is CCN(c1ccc(/N=N/c2cc(Cl)c(S(=O)(=O)F)cc2Cl)c(Cl)c1)N1C(=O)c2cccc(C)c2C1=O. The van der Waals surface area contributed by atoms with E-state index in [1.165, 1.54) is 17.1 Å². The van der Waals surface area contributed by atoms with Crippen LogP contribution in [0.1, 0.15) is 33.2 Å². The summed E-state index contributed by atoms with van der Waals surface area (Å²) in [6.07, 6.45) is 0. The van der Waals surface area contributed by atoms with Gasteiger partial charge in [0.2, 0.25) is 0 Å². The first-order chi connectivity index (χ1) is 16.9. The number of hydrazine groups is 1. The lowest BCUT2D eigenvalue weighted by Gasteiger charge is -2.31. The second-order valence-electron chi connectivity index (χ2n) is 7.64. The Kier molecular flexibility index (Phi) is 7.07. The summed E-state index contributed by atoms with van der Waals surface area (Å²) in [6, 6.07) is 11.6. The normalized spacial score (nSPS) is 13.6. The first kappa shape index (κ1) is 26.0. The highest BCUT2D eigenvalue weighted by Crippen LogP contribution is 2.37. The maximum Gasteiger partial charge on any atom is 0.333 e. The van der Waals surface area contributed by atoms with Crippen molar-refractivity contribution in [3.63, 3.8) is 0 Å². The highest BCUT2D eigenvalue weighted by atomic mass is 35.5. The smallest absolute Gasteiger partial charge is 0.276 e. The van der Waals surface area contributed by atoms with Crippen molar-refractivity contribution in [2.45, 2.75) is 18.7 Å². The summed E-state index contributed by atoms with van der Waals surface area (Å²) < 4.78 is 35.6. The minimum atomic E-state index is -5.06. The lowest BCUT2D eigenvalue weighted by Crippen LogP contribution is -2.46. The number of azo groups is 1. The average Bonchev–Trinajstić information content (AvgIpc) is 3.06. The Morgan fingerprint density at radius 2 is 1.58 bits per heavy atom. The maximum atomic E-state index is 13.3. The van der Waals surface area contributed by atoms with Gasteiger partial charge in [-0.05, 0) is 55.8 Å². The van der Waals surface area contributed by atoms with Gasteiger partial charge in [0, 0.05) is 6.54 Å². The largest absolute Gasteiger partial charge is 0.333 e. The molecule has 0 aliphatic carbocycles. The Hall–Kier alpha value is -3.05. The fourth-order valence-corrected chi connectivity index (χ4v) is 5.19. The molecule has 3 aromatic carbocycles. The van der Waals surface area contributed by atoms with Gasteiger partial charge in [-0.25, -0.2) is 0 Å². The number of carbonyl (C=O) groups is 2. The molecule has 186 valence electrons. The van der Waals surface area contributed by atoms with E-state index < -0.39 is 32.0 Å². The molecule has 0 saturated carbocycles. The summed E-state index contributed by atoms with van der Waals surface area (Å²) in [5.41, 5.74) is 2.06. The van der Waals surface area contributed by atoms with E-state index in [2.05, 4.69) is 10.2 Å². The second-order valence-corrected chi connectivity index (χ2v) is 10.2. The van der Waals surface area contributed by atoms with E-state index in [0.29, 0.717) is 28.9 Å². The number of carbonyl (C=O) groups excluding carboxylic acids is 2. The minimum absolute atomic E-state index is 0.00853. The number of benzene rings is 3. The van der Waals surface area contributed by atoms with Gasteiger partial charge < -0.3 is 0 Å². The number of fused-ring (bicyclic) bond motifs is 1. The van der Waals surface area contributed by atoms with E-state index in [1.54, 1.807) is 38.1 Å². The highest BCUT2D eigenvalue weighted by Gasteiger charge is 2.40. The monoisotopic (exact) mass is 568 g/mol. The highest BCUT2D eigenvalue weighted by molar-refractivity contribution is 7.86. The lowest BCUT2D eigenvalue weighted by atomic mass is 10.0. The van der Waals surface area contributed by atoms with Gasteiger partial charge in [0.25, 0.3) is 11.8 Å². The summed E-state index contributed by atoms with van der Waals surface area (Å²) in [4.78, 5) is 25.3. The van der Waals surface area contributed by atoms with Crippen LogP contribution in [0.2, 0.25) is 15.1 Å². The molecule has 0 N–H and O–H groups in total. The molecular weight excluding hydrogens is 554 g/mol. The number of rotatable bonds is 6.